The lowest BCUT2D eigenvalue weighted by Crippen LogP contribution is -2.02. The Labute approximate surface area is 121 Å². The molecule has 0 bridgehead atoms. The fourth-order valence-electron chi connectivity index (χ4n) is 1.88. The van der Waals surface area contributed by atoms with Crippen molar-refractivity contribution in [1.82, 2.24) is 0 Å². The van der Waals surface area contributed by atoms with Crippen LogP contribution >= 0.6 is 0 Å². The first-order chi connectivity index (χ1) is 9.97. The molecule has 21 heavy (non-hydrogen) atoms. The largest absolute Gasteiger partial charge is 0.489 e. The van der Waals surface area contributed by atoms with Crippen LogP contribution in [-0.4, -0.2) is 16.2 Å². The Morgan fingerprint density at radius 3 is 2.48 bits per heavy atom. The molecule has 1 atom stereocenters. The summed E-state index contributed by atoms with van der Waals surface area (Å²) in [6, 6.07) is 10.2. The van der Waals surface area contributed by atoms with E-state index in [0.29, 0.717) is 11.3 Å². The maximum atomic E-state index is 13.2. The molecule has 5 heteroatoms. The molecule has 4 nitrogen and oxygen atoms in total. The lowest BCUT2D eigenvalue weighted by atomic mass is 10.1. The minimum atomic E-state index is -0.989. The standard InChI is InChI=1S/C16H15FO4/c1-10(18)14-8-13(17)6-7-15(14)21-9-11-2-4-12(5-3-11)16(19)20/h2-8,10,18H,9H2,1H3,(H,19,20)/t10-/m1/s1. The van der Waals surface area contributed by atoms with Crippen LogP contribution in [0.5, 0.6) is 5.75 Å². The van der Waals surface area contributed by atoms with Crippen molar-refractivity contribution in [2.45, 2.75) is 19.6 Å². The van der Waals surface area contributed by atoms with E-state index in [4.69, 9.17) is 9.84 Å². The van der Waals surface area contributed by atoms with Gasteiger partial charge in [-0.1, -0.05) is 12.1 Å². The monoisotopic (exact) mass is 290 g/mol. The second-order valence-corrected chi connectivity index (χ2v) is 4.65. The van der Waals surface area contributed by atoms with E-state index >= 15 is 0 Å². The number of hydrogen-bond acceptors (Lipinski definition) is 3. The van der Waals surface area contributed by atoms with E-state index in [1.54, 1.807) is 12.1 Å². The number of aliphatic hydroxyl groups excluding tert-OH is 1. The van der Waals surface area contributed by atoms with Gasteiger partial charge < -0.3 is 14.9 Å². The van der Waals surface area contributed by atoms with Crippen molar-refractivity contribution in [2.75, 3.05) is 0 Å². The summed E-state index contributed by atoms with van der Waals surface area (Å²) in [5, 5.41) is 18.4. The van der Waals surface area contributed by atoms with Crippen LogP contribution in [0.25, 0.3) is 0 Å². The van der Waals surface area contributed by atoms with Crippen LogP contribution in [0, 0.1) is 5.82 Å². The number of rotatable bonds is 5. The summed E-state index contributed by atoms with van der Waals surface area (Å²) in [6.45, 7) is 1.73. The number of benzene rings is 2. The average molecular weight is 290 g/mol. The summed E-state index contributed by atoms with van der Waals surface area (Å²) in [5.41, 5.74) is 1.35. The maximum absolute atomic E-state index is 13.2. The topological polar surface area (TPSA) is 66.8 Å². The van der Waals surface area contributed by atoms with Gasteiger partial charge >= 0.3 is 5.97 Å². The highest BCUT2D eigenvalue weighted by atomic mass is 19.1. The van der Waals surface area contributed by atoms with Crippen molar-refractivity contribution in [3.05, 3.63) is 65.0 Å². The van der Waals surface area contributed by atoms with Gasteiger partial charge in [0.05, 0.1) is 11.7 Å². The molecule has 0 saturated heterocycles. The Balaban J connectivity index is 2.11. The highest BCUT2D eigenvalue weighted by molar-refractivity contribution is 5.87. The number of ether oxygens (including phenoxy) is 1. The van der Waals surface area contributed by atoms with E-state index in [1.807, 2.05) is 0 Å². The van der Waals surface area contributed by atoms with Gasteiger partial charge in [-0.3, -0.25) is 0 Å². The van der Waals surface area contributed by atoms with Gasteiger partial charge in [0.15, 0.2) is 0 Å². The first-order valence-electron chi connectivity index (χ1n) is 6.40. The van der Waals surface area contributed by atoms with Crippen LogP contribution in [0.15, 0.2) is 42.5 Å². The van der Waals surface area contributed by atoms with Crippen molar-refractivity contribution in [3.63, 3.8) is 0 Å². The SMILES string of the molecule is C[C@@H](O)c1cc(F)ccc1OCc1ccc(C(=O)O)cc1. The van der Waals surface area contributed by atoms with Gasteiger partial charge in [0.1, 0.15) is 18.2 Å². The number of carboxylic acid groups (broad SMARTS) is 1. The number of aliphatic hydroxyl groups is 1. The Hall–Kier alpha value is -2.40. The number of aromatic carboxylic acids is 1. The molecule has 0 saturated carbocycles. The van der Waals surface area contributed by atoms with E-state index in [-0.39, 0.29) is 12.2 Å². The van der Waals surface area contributed by atoms with Crippen LogP contribution in [0.1, 0.15) is 34.5 Å². The zero-order valence-corrected chi connectivity index (χ0v) is 11.4. The van der Waals surface area contributed by atoms with Crippen molar-refractivity contribution >= 4 is 5.97 Å². The molecule has 2 aromatic rings. The molecule has 0 aromatic heterocycles. The molecule has 0 aliphatic heterocycles. The van der Waals surface area contributed by atoms with E-state index in [9.17, 15) is 14.3 Å². The normalized spacial score (nSPS) is 12.0. The molecule has 2 N–H and O–H groups in total. The minimum absolute atomic E-state index is 0.199. The summed E-state index contributed by atoms with van der Waals surface area (Å²) in [5.74, 6) is -1.03. The maximum Gasteiger partial charge on any atom is 0.335 e. The van der Waals surface area contributed by atoms with Gasteiger partial charge in [-0.05, 0) is 42.8 Å². The summed E-state index contributed by atoms with van der Waals surface area (Å²) in [4.78, 5) is 10.7. The van der Waals surface area contributed by atoms with Gasteiger partial charge in [0.2, 0.25) is 0 Å². The van der Waals surface area contributed by atoms with E-state index in [1.165, 1.54) is 37.3 Å². The van der Waals surface area contributed by atoms with Crippen LogP contribution in [0.2, 0.25) is 0 Å². The lowest BCUT2D eigenvalue weighted by molar-refractivity contribution is 0.0697. The molecular formula is C16H15FO4. The Morgan fingerprint density at radius 2 is 1.90 bits per heavy atom. The molecule has 0 fully saturated rings. The number of hydrogen-bond donors (Lipinski definition) is 2. The molecule has 2 aromatic carbocycles. The first kappa shape index (κ1) is 15.0. The van der Waals surface area contributed by atoms with Crippen LogP contribution in [0.4, 0.5) is 4.39 Å². The van der Waals surface area contributed by atoms with Crippen molar-refractivity contribution in [2.24, 2.45) is 0 Å². The zero-order chi connectivity index (χ0) is 15.4. The molecule has 0 aliphatic rings. The summed E-state index contributed by atoms with van der Waals surface area (Å²) in [6.07, 6.45) is -0.843. The fraction of sp³-hybridized carbons (Fsp3) is 0.188. The van der Waals surface area contributed by atoms with Crippen LogP contribution in [0.3, 0.4) is 0 Å². The number of carbonyl (C=O) groups is 1. The fourth-order valence-corrected chi connectivity index (χ4v) is 1.88. The molecule has 0 amide bonds. The van der Waals surface area contributed by atoms with Gasteiger partial charge in [0, 0.05) is 5.56 Å². The second kappa shape index (κ2) is 6.37. The highest BCUT2D eigenvalue weighted by Crippen LogP contribution is 2.26. The number of carboxylic acids is 1. The minimum Gasteiger partial charge on any atom is -0.489 e. The molecule has 110 valence electrons. The highest BCUT2D eigenvalue weighted by Gasteiger charge is 2.11. The third kappa shape index (κ3) is 3.79. The molecular weight excluding hydrogens is 275 g/mol. The predicted molar refractivity (Wildman–Crippen MR) is 74.8 cm³/mol. The number of halogens is 1. The average Bonchev–Trinajstić information content (AvgIpc) is 2.46. The van der Waals surface area contributed by atoms with Crippen molar-refractivity contribution < 1.29 is 24.1 Å². The summed E-state index contributed by atoms with van der Waals surface area (Å²) in [7, 11) is 0. The molecule has 0 spiro atoms. The van der Waals surface area contributed by atoms with Gasteiger partial charge in [-0.25, -0.2) is 9.18 Å². The summed E-state index contributed by atoms with van der Waals surface area (Å²) < 4.78 is 18.7. The molecule has 0 heterocycles. The third-order valence-corrected chi connectivity index (χ3v) is 3.02. The van der Waals surface area contributed by atoms with E-state index in [0.717, 1.165) is 5.56 Å². The first-order valence-corrected chi connectivity index (χ1v) is 6.40. The smallest absolute Gasteiger partial charge is 0.335 e. The predicted octanol–water partition coefficient (Wildman–Crippen LogP) is 3.16. The van der Waals surface area contributed by atoms with Crippen LogP contribution in [-0.2, 0) is 6.61 Å². The molecule has 0 radical (unpaired) electrons. The zero-order valence-electron chi connectivity index (χ0n) is 11.4. The van der Waals surface area contributed by atoms with Gasteiger partial charge in [-0.15, -0.1) is 0 Å². The van der Waals surface area contributed by atoms with E-state index in [2.05, 4.69) is 0 Å². The quantitative estimate of drug-likeness (QED) is 0.887. The Kier molecular flexibility index (Phi) is 4.55. The summed E-state index contributed by atoms with van der Waals surface area (Å²) >= 11 is 0. The van der Waals surface area contributed by atoms with E-state index < -0.39 is 17.9 Å². The second-order valence-electron chi connectivity index (χ2n) is 4.65. The Bertz CT molecular complexity index is 635. The molecule has 0 unspecified atom stereocenters. The van der Waals surface area contributed by atoms with Crippen LogP contribution < -0.4 is 4.74 Å². The van der Waals surface area contributed by atoms with Crippen molar-refractivity contribution in [3.8, 4) is 5.75 Å². The lowest BCUT2D eigenvalue weighted by Gasteiger charge is -2.13. The molecule has 0 aliphatic carbocycles. The van der Waals surface area contributed by atoms with Gasteiger partial charge in [0.25, 0.3) is 0 Å². The van der Waals surface area contributed by atoms with Crippen molar-refractivity contribution in [1.29, 1.82) is 0 Å². The third-order valence-electron chi connectivity index (χ3n) is 3.02. The Morgan fingerprint density at radius 1 is 1.24 bits per heavy atom. The van der Waals surface area contributed by atoms with Gasteiger partial charge in [-0.2, -0.15) is 0 Å². The molecule has 2 rings (SSSR count).